The van der Waals surface area contributed by atoms with Gasteiger partial charge < -0.3 is 9.80 Å². The molecule has 0 radical (unpaired) electrons. The van der Waals surface area contributed by atoms with Gasteiger partial charge in [0.05, 0.1) is 0 Å². The van der Waals surface area contributed by atoms with Gasteiger partial charge in [-0.05, 0) is 38.1 Å². The van der Waals surface area contributed by atoms with Crippen LogP contribution < -0.4 is 0 Å². The topological polar surface area (TPSA) is 6.48 Å². The molecule has 0 spiro atoms. The van der Waals surface area contributed by atoms with Crippen LogP contribution in [0.1, 0.15) is 12.5 Å². The second-order valence-electron chi connectivity index (χ2n) is 6.28. The van der Waals surface area contributed by atoms with Crippen LogP contribution in [0.15, 0.2) is 29.2 Å². The maximum absolute atomic E-state index is 2.67. The normalized spacial score (nSPS) is 31.1. The predicted octanol–water partition coefficient (Wildman–Crippen LogP) is 2.59. The van der Waals surface area contributed by atoms with Crippen molar-refractivity contribution in [3.05, 3.63) is 29.8 Å². The summed E-state index contributed by atoms with van der Waals surface area (Å²) in [5.41, 5.74) is 1.55. The number of likely N-dealkylation sites (tertiary alicyclic amines) is 1. The molecule has 0 bridgehead atoms. The van der Waals surface area contributed by atoms with Gasteiger partial charge in [0, 0.05) is 35.8 Å². The van der Waals surface area contributed by atoms with E-state index >= 15 is 0 Å². The molecule has 19 heavy (non-hydrogen) atoms. The molecule has 3 rings (SSSR count). The molecule has 0 N–H and O–H groups in total. The summed E-state index contributed by atoms with van der Waals surface area (Å²) in [7, 11) is 4.43. The van der Waals surface area contributed by atoms with Crippen LogP contribution >= 0.6 is 11.8 Å². The highest BCUT2D eigenvalue weighted by molar-refractivity contribution is 8.00. The van der Waals surface area contributed by atoms with Gasteiger partial charge in [-0.2, -0.15) is 0 Å². The zero-order chi connectivity index (χ0) is 13.4. The van der Waals surface area contributed by atoms with Crippen molar-refractivity contribution in [2.24, 2.45) is 5.92 Å². The molecular weight excluding hydrogens is 252 g/mol. The number of fused-ring (bicyclic) bond motifs is 1. The maximum atomic E-state index is 2.67. The Morgan fingerprint density at radius 1 is 1.26 bits per heavy atom. The van der Waals surface area contributed by atoms with Crippen LogP contribution in [0.25, 0.3) is 0 Å². The molecule has 2 aliphatic rings. The van der Waals surface area contributed by atoms with E-state index in [1.54, 1.807) is 5.56 Å². The van der Waals surface area contributed by atoms with Gasteiger partial charge >= 0.3 is 0 Å². The third-order valence-electron chi connectivity index (χ3n) is 4.49. The number of nitrogens with zero attached hydrogens (tertiary/aromatic N) is 2. The van der Waals surface area contributed by atoms with Crippen molar-refractivity contribution in [1.29, 1.82) is 0 Å². The number of rotatable bonds is 3. The fraction of sp³-hybridized carbons (Fsp3) is 0.625. The van der Waals surface area contributed by atoms with Crippen LogP contribution in [0.3, 0.4) is 0 Å². The first-order valence-corrected chi connectivity index (χ1v) is 8.15. The summed E-state index contributed by atoms with van der Waals surface area (Å²) in [6.07, 6.45) is 1.25. The van der Waals surface area contributed by atoms with Gasteiger partial charge in [-0.25, -0.2) is 0 Å². The van der Waals surface area contributed by atoms with Crippen molar-refractivity contribution < 1.29 is 0 Å². The molecule has 1 fully saturated rings. The first kappa shape index (κ1) is 13.5. The standard InChI is InChI=1S/C16H24N2S/c1-12-9-18(11-15(12)17(2)3)10-14-8-13-6-4-5-7-16(13)19-14/h4-7,12,14-15H,8-11H2,1-3H3. The Morgan fingerprint density at radius 3 is 2.74 bits per heavy atom. The van der Waals surface area contributed by atoms with E-state index in [4.69, 9.17) is 0 Å². The molecule has 0 amide bonds. The third-order valence-corrected chi connectivity index (χ3v) is 5.79. The fourth-order valence-electron chi connectivity index (χ4n) is 3.51. The van der Waals surface area contributed by atoms with Crippen LogP contribution in [0.5, 0.6) is 0 Å². The third kappa shape index (κ3) is 2.83. The molecule has 0 aromatic heterocycles. The van der Waals surface area contributed by atoms with Crippen molar-refractivity contribution in [2.45, 2.75) is 29.5 Å². The van der Waals surface area contributed by atoms with Crippen LogP contribution in [-0.2, 0) is 6.42 Å². The summed E-state index contributed by atoms with van der Waals surface area (Å²) in [4.78, 5) is 6.56. The quantitative estimate of drug-likeness (QED) is 0.838. The Labute approximate surface area is 121 Å². The number of hydrogen-bond acceptors (Lipinski definition) is 3. The number of hydrogen-bond donors (Lipinski definition) is 0. The molecule has 0 saturated carbocycles. The highest BCUT2D eigenvalue weighted by Gasteiger charge is 2.33. The summed E-state index contributed by atoms with van der Waals surface area (Å²) in [6, 6.07) is 9.62. The molecule has 104 valence electrons. The van der Waals surface area contributed by atoms with E-state index in [2.05, 4.69) is 66.8 Å². The number of benzene rings is 1. The van der Waals surface area contributed by atoms with Crippen molar-refractivity contribution in [3.8, 4) is 0 Å². The molecule has 3 unspecified atom stereocenters. The lowest BCUT2D eigenvalue weighted by Crippen LogP contribution is -2.35. The van der Waals surface area contributed by atoms with E-state index in [0.29, 0.717) is 0 Å². The summed E-state index contributed by atoms with van der Waals surface area (Å²) in [5.74, 6) is 0.795. The van der Waals surface area contributed by atoms with E-state index < -0.39 is 0 Å². The van der Waals surface area contributed by atoms with Crippen molar-refractivity contribution in [1.82, 2.24) is 9.80 Å². The average Bonchev–Trinajstić information content (AvgIpc) is 2.92. The smallest absolute Gasteiger partial charge is 0.0263 e. The minimum Gasteiger partial charge on any atom is -0.305 e. The van der Waals surface area contributed by atoms with Gasteiger partial charge in [-0.3, -0.25) is 0 Å². The molecule has 1 aromatic rings. The lowest BCUT2D eigenvalue weighted by molar-refractivity contribution is 0.252. The average molecular weight is 276 g/mol. The lowest BCUT2D eigenvalue weighted by atomic mass is 10.1. The summed E-state index contributed by atoms with van der Waals surface area (Å²) >= 11 is 2.08. The minimum atomic E-state index is 0.730. The van der Waals surface area contributed by atoms with Gasteiger partial charge in [0.2, 0.25) is 0 Å². The van der Waals surface area contributed by atoms with E-state index in [1.807, 2.05) is 0 Å². The fourth-order valence-corrected chi connectivity index (χ4v) is 4.88. The van der Waals surface area contributed by atoms with Gasteiger partial charge in [-0.1, -0.05) is 25.1 Å². The van der Waals surface area contributed by atoms with Gasteiger partial charge in [0.1, 0.15) is 0 Å². The summed E-state index contributed by atoms with van der Waals surface area (Å²) in [5, 5.41) is 0.755. The van der Waals surface area contributed by atoms with Crippen LogP contribution in [0.2, 0.25) is 0 Å². The Bertz CT molecular complexity index is 421. The number of thioether (sulfide) groups is 1. The largest absolute Gasteiger partial charge is 0.305 e. The highest BCUT2D eigenvalue weighted by Crippen LogP contribution is 2.37. The minimum absolute atomic E-state index is 0.730. The van der Waals surface area contributed by atoms with Crippen LogP contribution in [-0.4, -0.2) is 54.8 Å². The van der Waals surface area contributed by atoms with E-state index in [1.165, 1.54) is 31.0 Å². The molecule has 2 aliphatic heterocycles. The Balaban J connectivity index is 1.57. The number of likely N-dealkylation sites (N-methyl/N-ethyl adjacent to an activating group) is 1. The summed E-state index contributed by atoms with van der Waals surface area (Å²) < 4.78 is 0. The molecule has 2 heterocycles. The first-order valence-electron chi connectivity index (χ1n) is 7.27. The van der Waals surface area contributed by atoms with Gasteiger partial charge in [0.15, 0.2) is 0 Å². The van der Waals surface area contributed by atoms with Crippen molar-refractivity contribution in [3.63, 3.8) is 0 Å². The first-order chi connectivity index (χ1) is 9.13. The molecule has 3 atom stereocenters. The molecule has 1 aromatic carbocycles. The van der Waals surface area contributed by atoms with E-state index in [9.17, 15) is 0 Å². The Morgan fingerprint density at radius 2 is 2.05 bits per heavy atom. The zero-order valence-electron chi connectivity index (χ0n) is 12.2. The zero-order valence-corrected chi connectivity index (χ0v) is 13.0. The van der Waals surface area contributed by atoms with Crippen LogP contribution in [0.4, 0.5) is 0 Å². The molecule has 1 saturated heterocycles. The van der Waals surface area contributed by atoms with Crippen molar-refractivity contribution >= 4 is 11.8 Å². The lowest BCUT2D eigenvalue weighted by Gasteiger charge is -2.23. The molecule has 3 heteroatoms. The van der Waals surface area contributed by atoms with Gasteiger partial charge in [-0.15, -0.1) is 11.8 Å². The molecular formula is C16H24N2S. The Kier molecular flexibility index (Phi) is 3.88. The summed E-state index contributed by atoms with van der Waals surface area (Å²) in [6.45, 7) is 6.13. The predicted molar refractivity (Wildman–Crippen MR) is 82.9 cm³/mol. The molecule has 0 aliphatic carbocycles. The molecule has 2 nitrogen and oxygen atoms in total. The van der Waals surface area contributed by atoms with E-state index in [0.717, 1.165) is 17.2 Å². The van der Waals surface area contributed by atoms with E-state index in [-0.39, 0.29) is 0 Å². The van der Waals surface area contributed by atoms with Crippen LogP contribution in [0, 0.1) is 5.92 Å². The highest BCUT2D eigenvalue weighted by atomic mass is 32.2. The van der Waals surface area contributed by atoms with Gasteiger partial charge in [0.25, 0.3) is 0 Å². The Hall–Kier alpha value is -0.510. The SMILES string of the molecule is CC1CN(CC2Cc3ccccc3S2)CC1N(C)C. The second-order valence-corrected chi connectivity index (χ2v) is 7.62. The monoisotopic (exact) mass is 276 g/mol. The maximum Gasteiger partial charge on any atom is 0.0263 e. The van der Waals surface area contributed by atoms with Crippen molar-refractivity contribution in [2.75, 3.05) is 33.7 Å². The second kappa shape index (κ2) is 5.47.